The Kier molecular flexibility index (Phi) is 4.40. The van der Waals surface area contributed by atoms with Crippen molar-refractivity contribution < 1.29 is 9.90 Å². The van der Waals surface area contributed by atoms with Gasteiger partial charge in [-0.05, 0) is 19.3 Å². The summed E-state index contributed by atoms with van der Waals surface area (Å²) in [5.74, 6) is 0.924. The Hall–Kier alpha value is -1.16. The van der Waals surface area contributed by atoms with Gasteiger partial charge in [0.25, 0.3) is 0 Å². The fraction of sp³-hybridized carbons (Fsp3) is 0.733. The molecule has 0 radical (unpaired) electrons. The third-order valence-electron chi connectivity index (χ3n) is 4.40. The molecule has 0 spiro atoms. The van der Waals surface area contributed by atoms with Crippen molar-refractivity contribution in [2.75, 3.05) is 6.61 Å². The average molecular weight is 264 g/mol. The van der Waals surface area contributed by atoms with Gasteiger partial charge in [0.1, 0.15) is 5.54 Å². The van der Waals surface area contributed by atoms with E-state index in [1.807, 2.05) is 6.92 Å². The Balaban J connectivity index is 2.24. The van der Waals surface area contributed by atoms with Crippen molar-refractivity contribution in [1.29, 1.82) is 0 Å². The van der Waals surface area contributed by atoms with Crippen LogP contribution in [0.3, 0.4) is 0 Å². The maximum atomic E-state index is 12.5. The average Bonchev–Trinajstić information content (AvgIpc) is 2.43. The first kappa shape index (κ1) is 14.3. The quantitative estimate of drug-likeness (QED) is 0.765. The van der Waals surface area contributed by atoms with Crippen LogP contribution >= 0.6 is 0 Å². The largest absolute Gasteiger partial charge is 0.393 e. The zero-order chi connectivity index (χ0) is 13.9. The van der Waals surface area contributed by atoms with E-state index in [9.17, 15) is 9.90 Å². The summed E-state index contributed by atoms with van der Waals surface area (Å²) in [5.41, 5.74) is 5.55. The van der Waals surface area contributed by atoms with Gasteiger partial charge in [-0.25, -0.2) is 0 Å². The number of carbonyl (C=O) groups excluding carboxylic acids is 1. The van der Waals surface area contributed by atoms with Crippen molar-refractivity contribution in [2.24, 2.45) is 16.6 Å². The van der Waals surface area contributed by atoms with E-state index in [2.05, 4.69) is 4.99 Å². The number of nitrogens with zero attached hydrogens (tertiary/aromatic N) is 1. The summed E-state index contributed by atoms with van der Waals surface area (Å²) in [6, 6.07) is 0. The fourth-order valence-corrected chi connectivity index (χ4v) is 3.35. The Labute approximate surface area is 114 Å². The van der Waals surface area contributed by atoms with Gasteiger partial charge in [-0.2, -0.15) is 0 Å². The van der Waals surface area contributed by atoms with E-state index in [0.29, 0.717) is 30.2 Å². The van der Waals surface area contributed by atoms with Gasteiger partial charge < -0.3 is 10.8 Å². The predicted molar refractivity (Wildman–Crippen MR) is 76.0 cm³/mol. The molecule has 4 nitrogen and oxygen atoms in total. The number of hydrogen-bond donors (Lipinski definition) is 2. The Morgan fingerprint density at radius 2 is 2.11 bits per heavy atom. The van der Waals surface area contributed by atoms with E-state index < -0.39 is 5.54 Å². The summed E-state index contributed by atoms with van der Waals surface area (Å²) in [6.07, 6.45) is 8.84. The van der Waals surface area contributed by atoms with E-state index in [1.165, 1.54) is 19.3 Å². The van der Waals surface area contributed by atoms with Gasteiger partial charge in [0, 0.05) is 12.0 Å². The predicted octanol–water partition coefficient (Wildman–Crippen LogP) is 1.96. The van der Waals surface area contributed by atoms with Crippen molar-refractivity contribution in [3.05, 3.63) is 11.6 Å². The number of aliphatic hydroxyl groups is 1. The maximum Gasteiger partial charge on any atom is 0.188 e. The van der Waals surface area contributed by atoms with E-state index >= 15 is 0 Å². The number of ketones is 1. The van der Waals surface area contributed by atoms with Gasteiger partial charge in [0.05, 0.1) is 12.4 Å². The van der Waals surface area contributed by atoms with Gasteiger partial charge >= 0.3 is 0 Å². The van der Waals surface area contributed by atoms with Crippen LogP contribution in [0.1, 0.15) is 51.9 Å². The molecule has 0 aromatic carbocycles. The number of hydrogen-bond acceptors (Lipinski definition) is 4. The molecule has 1 heterocycles. The van der Waals surface area contributed by atoms with Crippen LogP contribution in [0.4, 0.5) is 0 Å². The van der Waals surface area contributed by atoms with Crippen LogP contribution in [0, 0.1) is 5.92 Å². The molecule has 19 heavy (non-hydrogen) atoms. The number of rotatable bonds is 3. The fourth-order valence-electron chi connectivity index (χ4n) is 3.35. The van der Waals surface area contributed by atoms with Crippen molar-refractivity contribution in [3.8, 4) is 0 Å². The second-order valence-electron chi connectivity index (χ2n) is 5.82. The minimum absolute atomic E-state index is 0.0303. The highest BCUT2D eigenvalue weighted by Crippen LogP contribution is 2.36. The van der Waals surface area contributed by atoms with E-state index in [0.717, 1.165) is 12.8 Å². The highest BCUT2D eigenvalue weighted by atomic mass is 16.3. The molecule has 2 aliphatic rings. The Morgan fingerprint density at radius 1 is 1.42 bits per heavy atom. The molecule has 1 atom stereocenters. The number of aliphatic imine (C=N–C) groups is 1. The number of nitrogens with two attached hydrogens (primary N) is 1. The molecule has 4 heteroatoms. The molecule has 3 N–H and O–H groups in total. The number of amidine groups is 1. The van der Waals surface area contributed by atoms with E-state index in [4.69, 9.17) is 5.73 Å². The molecule has 1 saturated carbocycles. The smallest absolute Gasteiger partial charge is 0.188 e. The third-order valence-corrected chi connectivity index (χ3v) is 4.40. The molecular weight excluding hydrogens is 240 g/mol. The molecule has 2 rings (SSSR count). The zero-order valence-electron chi connectivity index (χ0n) is 11.7. The number of Topliss-reactive ketones (excluding diaryl/α,β-unsaturated/α-hetero) is 1. The molecule has 0 aromatic heterocycles. The van der Waals surface area contributed by atoms with Crippen LogP contribution in [0.15, 0.2) is 16.6 Å². The molecule has 0 bridgehead atoms. The molecule has 1 fully saturated rings. The molecular formula is C15H24N2O2. The first-order valence-electron chi connectivity index (χ1n) is 7.26. The summed E-state index contributed by atoms with van der Waals surface area (Å²) >= 11 is 0. The van der Waals surface area contributed by atoms with Crippen LogP contribution in [-0.4, -0.2) is 28.9 Å². The van der Waals surface area contributed by atoms with Crippen LogP contribution in [-0.2, 0) is 4.79 Å². The van der Waals surface area contributed by atoms with Crippen LogP contribution < -0.4 is 5.73 Å². The first-order valence-corrected chi connectivity index (χ1v) is 7.26. The summed E-state index contributed by atoms with van der Waals surface area (Å²) in [5, 5.41) is 9.76. The lowest BCUT2D eigenvalue weighted by atomic mass is 9.75. The minimum atomic E-state index is -1.01. The lowest BCUT2D eigenvalue weighted by molar-refractivity contribution is -0.123. The molecule has 0 aromatic rings. The third kappa shape index (κ3) is 2.89. The standard InChI is InChI=1S/C15H24N2O2/c1-2-12-8-13(16)17-15(10-18,14(12)19)9-11-6-4-3-5-7-11/h2,11,18H,3-10H2,1H3,(H2,16,17)/b12-2-. The highest BCUT2D eigenvalue weighted by Gasteiger charge is 2.43. The molecule has 106 valence electrons. The Bertz CT molecular complexity index is 408. The van der Waals surface area contributed by atoms with Crippen LogP contribution in [0.25, 0.3) is 0 Å². The van der Waals surface area contributed by atoms with Gasteiger partial charge in [-0.15, -0.1) is 0 Å². The van der Waals surface area contributed by atoms with Crippen LogP contribution in [0.5, 0.6) is 0 Å². The normalized spacial score (nSPS) is 31.6. The Morgan fingerprint density at radius 3 is 2.68 bits per heavy atom. The van der Waals surface area contributed by atoms with Gasteiger partial charge in [-0.1, -0.05) is 38.2 Å². The number of carbonyl (C=O) groups is 1. The number of allylic oxidation sites excluding steroid dienone is 1. The topological polar surface area (TPSA) is 75.7 Å². The summed E-state index contributed by atoms with van der Waals surface area (Å²) < 4.78 is 0. The monoisotopic (exact) mass is 264 g/mol. The lowest BCUT2D eigenvalue weighted by Gasteiger charge is -2.35. The molecule has 1 aliphatic carbocycles. The summed E-state index contributed by atoms with van der Waals surface area (Å²) in [4.78, 5) is 16.9. The number of aliphatic hydroxyl groups excluding tert-OH is 1. The van der Waals surface area contributed by atoms with Crippen molar-refractivity contribution >= 4 is 11.6 Å². The second kappa shape index (κ2) is 5.87. The van der Waals surface area contributed by atoms with E-state index in [1.54, 1.807) is 6.08 Å². The summed E-state index contributed by atoms with van der Waals surface area (Å²) in [6.45, 7) is 1.61. The molecule has 1 unspecified atom stereocenters. The highest BCUT2D eigenvalue weighted by molar-refractivity contribution is 6.10. The minimum Gasteiger partial charge on any atom is -0.393 e. The SMILES string of the molecule is C/C=C1/CC(N)=NC(CO)(CC2CCCCC2)C1=O. The van der Waals surface area contributed by atoms with Crippen LogP contribution in [0.2, 0.25) is 0 Å². The van der Waals surface area contributed by atoms with Gasteiger partial charge in [0.15, 0.2) is 5.78 Å². The summed E-state index contributed by atoms with van der Waals surface area (Å²) in [7, 11) is 0. The van der Waals surface area contributed by atoms with Crippen molar-refractivity contribution in [2.45, 2.75) is 57.4 Å². The lowest BCUT2D eigenvalue weighted by Crippen LogP contribution is -2.48. The van der Waals surface area contributed by atoms with Gasteiger partial charge in [0.2, 0.25) is 0 Å². The van der Waals surface area contributed by atoms with E-state index in [-0.39, 0.29) is 12.4 Å². The van der Waals surface area contributed by atoms with Crippen molar-refractivity contribution in [1.82, 2.24) is 0 Å². The van der Waals surface area contributed by atoms with Gasteiger partial charge in [-0.3, -0.25) is 9.79 Å². The molecule has 0 amide bonds. The molecule has 0 saturated heterocycles. The second-order valence-corrected chi connectivity index (χ2v) is 5.82. The first-order chi connectivity index (χ1) is 9.11. The van der Waals surface area contributed by atoms with Crippen molar-refractivity contribution in [3.63, 3.8) is 0 Å². The molecule has 1 aliphatic heterocycles. The zero-order valence-corrected chi connectivity index (χ0v) is 11.7. The maximum absolute atomic E-state index is 12.5.